The fourth-order valence-electron chi connectivity index (χ4n) is 1.74. The second kappa shape index (κ2) is 6.38. The third-order valence-electron chi connectivity index (χ3n) is 3.06. The lowest BCUT2D eigenvalue weighted by atomic mass is 10.1. The highest BCUT2D eigenvalue weighted by molar-refractivity contribution is 5.57. The highest BCUT2D eigenvalue weighted by Crippen LogP contribution is 2.22. The third-order valence-corrected chi connectivity index (χ3v) is 3.06. The van der Waals surface area contributed by atoms with Gasteiger partial charge in [0.1, 0.15) is 5.75 Å². The van der Waals surface area contributed by atoms with Gasteiger partial charge in [-0.05, 0) is 18.1 Å². The minimum Gasteiger partial charge on any atom is -0.497 e. The minimum absolute atomic E-state index is 0.00847. The maximum atomic E-state index is 9.28. The van der Waals surface area contributed by atoms with E-state index in [-0.39, 0.29) is 18.6 Å². The molecular weight excluding hydrogens is 258 g/mol. The van der Waals surface area contributed by atoms with E-state index in [9.17, 15) is 5.11 Å². The second-order valence-corrected chi connectivity index (χ2v) is 4.83. The maximum Gasteiger partial charge on any atom is 0.322 e. The molecule has 2 aromatic rings. The van der Waals surface area contributed by atoms with Gasteiger partial charge >= 0.3 is 6.01 Å². The fraction of sp³-hybridized carbons (Fsp3) is 0.429. The average molecular weight is 277 g/mol. The lowest BCUT2D eigenvalue weighted by Crippen LogP contribution is -2.29. The van der Waals surface area contributed by atoms with Gasteiger partial charge in [-0.3, -0.25) is 0 Å². The molecule has 108 valence electrons. The molecule has 1 atom stereocenters. The van der Waals surface area contributed by atoms with Crippen LogP contribution in [0.1, 0.15) is 13.8 Å². The van der Waals surface area contributed by atoms with Gasteiger partial charge in [0.05, 0.1) is 19.8 Å². The number of methoxy groups -OCH3 is 1. The van der Waals surface area contributed by atoms with E-state index >= 15 is 0 Å². The Kier molecular flexibility index (Phi) is 4.57. The van der Waals surface area contributed by atoms with E-state index in [1.54, 1.807) is 7.11 Å². The summed E-state index contributed by atoms with van der Waals surface area (Å²) in [6.45, 7) is 4.02. The zero-order chi connectivity index (χ0) is 14.5. The van der Waals surface area contributed by atoms with Gasteiger partial charge in [-0.25, -0.2) is 0 Å². The highest BCUT2D eigenvalue weighted by Gasteiger charge is 2.16. The van der Waals surface area contributed by atoms with Gasteiger partial charge in [-0.2, -0.15) is 4.98 Å². The molecule has 0 bridgehead atoms. The topological polar surface area (TPSA) is 80.4 Å². The van der Waals surface area contributed by atoms with Gasteiger partial charge in [0.15, 0.2) is 0 Å². The number of rotatable bonds is 6. The Morgan fingerprint density at radius 1 is 1.40 bits per heavy atom. The standard InChI is InChI=1S/C14H19N3O3/c1-9(2)12(8-18)15-14-16-13(17-20-14)10-5-4-6-11(7-10)19-3/h4-7,9,12,18H,8H2,1-3H3,(H,15,16,17)/t12-/m1/s1. The van der Waals surface area contributed by atoms with Gasteiger partial charge in [0.25, 0.3) is 0 Å². The van der Waals surface area contributed by atoms with E-state index < -0.39 is 0 Å². The van der Waals surface area contributed by atoms with Crippen LogP contribution < -0.4 is 10.1 Å². The summed E-state index contributed by atoms with van der Waals surface area (Å²) < 4.78 is 10.3. The summed E-state index contributed by atoms with van der Waals surface area (Å²) in [6, 6.07) is 7.61. The number of nitrogens with zero attached hydrogens (tertiary/aromatic N) is 2. The predicted octanol–water partition coefficient (Wildman–Crippen LogP) is 2.17. The highest BCUT2D eigenvalue weighted by atomic mass is 16.5. The average Bonchev–Trinajstić information content (AvgIpc) is 2.93. The first-order valence-electron chi connectivity index (χ1n) is 6.49. The Morgan fingerprint density at radius 3 is 2.85 bits per heavy atom. The van der Waals surface area contributed by atoms with Crippen molar-refractivity contribution < 1.29 is 14.4 Å². The molecule has 0 fully saturated rings. The van der Waals surface area contributed by atoms with Crippen LogP contribution in [0.25, 0.3) is 11.4 Å². The van der Waals surface area contributed by atoms with Gasteiger partial charge < -0.3 is 19.7 Å². The van der Waals surface area contributed by atoms with E-state index in [1.165, 1.54) is 0 Å². The first-order valence-corrected chi connectivity index (χ1v) is 6.49. The summed E-state index contributed by atoms with van der Waals surface area (Å²) in [7, 11) is 1.61. The maximum absolute atomic E-state index is 9.28. The summed E-state index contributed by atoms with van der Waals surface area (Å²) in [6.07, 6.45) is 0. The van der Waals surface area contributed by atoms with Crippen molar-refractivity contribution in [3.63, 3.8) is 0 Å². The van der Waals surface area contributed by atoms with Crippen LogP contribution >= 0.6 is 0 Å². The Balaban J connectivity index is 2.15. The van der Waals surface area contributed by atoms with Gasteiger partial charge in [0.2, 0.25) is 5.82 Å². The lowest BCUT2D eigenvalue weighted by molar-refractivity contribution is 0.245. The number of anilines is 1. The summed E-state index contributed by atoms with van der Waals surface area (Å²) in [4.78, 5) is 4.27. The van der Waals surface area contributed by atoms with Gasteiger partial charge in [-0.1, -0.05) is 31.1 Å². The number of aliphatic hydroxyl groups excluding tert-OH is 1. The van der Waals surface area contributed by atoms with Crippen LogP contribution in [-0.2, 0) is 0 Å². The largest absolute Gasteiger partial charge is 0.497 e. The van der Waals surface area contributed by atoms with E-state index in [0.29, 0.717) is 11.8 Å². The molecule has 0 amide bonds. The zero-order valence-electron chi connectivity index (χ0n) is 11.8. The first-order chi connectivity index (χ1) is 9.63. The smallest absolute Gasteiger partial charge is 0.322 e. The van der Waals surface area contributed by atoms with Crippen LogP contribution in [-0.4, -0.2) is 35.0 Å². The Hall–Kier alpha value is -2.08. The van der Waals surface area contributed by atoms with Gasteiger partial charge in [-0.15, -0.1) is 0 Å². The Bertz CT molecular complexity index is 554. The SMILES string of the molecule is COc1cccc(-c2noc(N[C@H](CO)C(C)C)n2)c1. The number of aliphatic hydroxyl groups is 1. The fourth-order valence-corrected chi connectivity index (χ4v) is 1.74. The van der Waals surface area contributed by atoms with Crippen LogP contribution in [0.3, 0.4) is 0 Å². The number of benzene rings is 1. The molecule has 1 aromatic carbocycles. The molecule has 6 nitrogen and oxygen atoms in total. The Labute approximate surface area is 117 Å². The van der Waals surface area contributed by atoms with Crippen LogP contribution in [0.5, 0.6) is 5.75 Å². The van der Waals surface area contributed by atoms with Crippen molar-refractivity contribution in [2.75, 3.05) is 19.0 Å². The molecule has 0 radical (unpaired) electrons. The Morgan fingerprint density at radius 2 is 2.20 bits per heavy atom. The molecule has 6 heteroatoms. The number of ether oxygens (including phenoxy) is 1. The second-order valence-electron chi connectivity index (χ2n) is 4.83. The monoisotopic (exact) mass is 277 g/mol. The summed E-state index contributed by atoms with van der Waals surface area (Å²) in [5.41, 5.74) is 0.811. The number of hydrogen-bond acceptors (Lipinski definition) is 6. The molecule has 0 saturated heterocycles. The van der Waals surface area contributed by atoms with E-state index in [4.69, 9.17) is 9.26 Å². The molecule has 0 aliphatic carbocycles. The van der Waals surface area contributed by atoms with Crippen molar-refractivity contribution in [3.8, 4) is 17.1 Å². The molecule has 1 aromatic heterocycles. The number of aromatic nitrogens is 2. The van der Waals surface area contributed by atoms with Crippen molar-refractivity contribution >= 4 is 6.01 Å². The van der Waals surface area contributed by atoms with Crippen LogP contribution in [0, 0.1) is 5.92 Å². The molecule has 0 spiro atoms. The molecule has 1 heterocycles. The van der Waals surface area contributed by atoms with Crippen LogP contribution in [0.2, 0.25) is 0 Å². The van der Waals surface area contributed by atoms with Crippen molar-refractivity contribution in [2.24, 2.45) is 5.92 Å². The van der Waals surface area contributed by atoms with E-state index in [2.05, 4.69) is 15.5 Å². The molecular formula is C14H19N3O3. The van der Waals surface area contributed by atoms with E-state index in [1.807, 2.05) is 38.1 Å². The van der Waals surface area contributed by atoms with Crippen LogP contribution in [0.4, 0.5) is 6.01 Å². The third kappa shape index (κ3) is 3.27. The van der Waals surface area contributed by atoms with Crippen molar-refractivity contribution in [1.82, 2.24) is 10.1 Å². The summed E-state index contributed by atoms with van der Waals surface area (Å²) in [5.74, 6) is 1.47. The summed E-state index contributed by atoms with van der Waals surface area (Å²) in [5, 5.41) is 16.2. The molecule has 2 rings (SSSR count). The number of nitrogens with one attached hydrogen (secondary N) is 1. The zero-order valence-corrected chi connectivity index (χ0v) is 11.8. The molecule has 0 aliphatic rings. The normalized spacial score (nSPS) is 12.4. The molecule has 2 N–H and O–H groups in total. The predicted molar refractivity (Wildman–Crippen MR) is 75.6 cm³/mol. The van der Waals surface area contributed by atoms with E-state index in [0.717, 1.165) is 11.3 Å². The molecule has 20 heavy (non-hydrogen) atoms. The van der Waals surface area contributed by atoms with Crippen LogP contribution in [0.15, 0.2) is 28.8 Å². The quantitative estimate of drug-likeness (QED) is 0.842. The van der Waals surface area contributed by atoms with Gasteiger partial charge in [0, 0.05) is 5.56 Å². The van der Waals surface area contributed by atoms with Crippen molar-refractivity contribution in [3.05, 3.63) is 24.3 Å². The molecule has 0 aliphatic heterocycles. The molecule has 0 unspecified atom stereocenters. The van der Waals surface area contributed by atoms with Crippen molar-refractivity contribution in [1.29, 1.82) is 0 Å². The lowest BCUT2D eigenvalue weighted by Gasteiger charge is -2.17. The first kappa shape index (κ1) is 14.3. The van der Waals surface area contributed by atoms with Crippen molar-refractivity contribution in [2.45, 2.75) is 19.9 Å². The minimum atomic E-state index is -0.117. The number of hydrogen-bond donors (Lipinski definition) is 2. The molecule has 0 saturated carbocycles. The summed E-state index contributed by atoms with van der Waals surface area (Å²) >= 11 is 0.